The minimum atomic E-state index is -1.78. The Balaban J connectivity index is 1.99. The lowest BCUT2D eigenvalue weighted by Gasteiger charge is -2.30. The molecule has 0 amide bonds. The summed E-state index contributed by atoms with van der Waals surface area (Å²) in [6.45, 7) is 8.36. The fourth-order valence-corrected chi connectivity index (χ4v) is 3.41. The summed E-state index contributed by atoms with van der Waals surface area (Å²) in [5.41, 5.74) is 1.39. The third kappa shape index (κ3) is 5.64. The average Bonchev–Trinajstić information content (AvgIpc) is 2.54. The van der Waals surface area contributed by atoms with E-state index in [0.717, 1.165) is 31.4 Å². The number of allylic oxidation sites excluding steroid dienone is 1. The van der Waals surface area contributed by atoms with E-state index in [4.69, 9.17) is 13.1 Å². The Bertz CT molecular complexity index is 560. The lowest BCUT2D eigenvalue weighted by Crippen LogP contribution is -2.37. The first kappa shape index (κ1) is 19.0. The van der Waals surface area contributed by atoms with Gasteiger partial charge in [0.25, 0.3) is 0 Å². The topological polar surface area (TPSA) is 44.8 Å². The van der Waals surface area contributed by atoms with Crippen molar-refractivity contribution < 1.29 is 17.3 Å². The highest BCUT2D eigenvalue weighted by molar-refractivity contribution is 7.75. The summed E-state index contributed by atoms with van der Waals surface area (Å²) in [4.78, 5) is 0. The van der Waals surface area contributed by atoms with Gasteiger partial charge in [0.2, 0.25) is 0 Å². The zero-order valence-corrected chi connectivity index (χ0v) is 15.8. The summed E-state index contributed by atoms with van der Waals surface area (Å²) < 4.78 is 28.4. The molecule has 1 aliphatic rings. The zero-order chi connectivity index (χ0) is 17.6. The van der Waals surface area contributed by atoms with Crippen LogP contribution in [0.25, 0.3) is 0 Å². The molecular formula is C19H28O4S. The Labute approximate surface area is 148 Å². The zero-order valence-electron chi connectivity index (χ0n) is 15.0. The van der Waals surface area contributed by atoms with Crippen molar-refractivity contribution in [2.24, 2.45) is 0 Å². The van der Waals surface area contributed by atoms with Gasteiger partial charge in [-0.15, -0.1) is 0 Å². The van der Waals surface area contributed by atoms with Gasteiger partial charge in [-0.25, -0.2) is 0 Å². The molecule has 0 radical (unpaired) electrons. The first-order valence-electron chi connectivity index (χ1n) is 8.54. The average molecular weight is 352 g/mol. The summed E-state index contributed by atoms with van der Waals surface area (Å²) in [7, 11) is 0. The normalized spacial score (nSPS) is 23.2. The van der Waals surface area contributed by atoms with E-state index < -0.39 is 11.4 Å². The maximum absolute atomic E-state index is 11.8. The summed E-state index contributed by atoms with van der Waals surface area (Å²) in [6, 6.07) is 8.20. The van der Waals surface area contributed by atoms with Crippen molar-refractivity contribution in [3.05, 3.63) is 42.2 Å². The van der Waals surface area contributed by atoms with Crippen LogP contribution in [0.4, 0.5) is 0 Å². The quantitative estimate of drug-likeness (QED) is 0.689. The second kappa shape index (κ2) is 8.67. The van der Waals surface area contributed by atoms with Gasteiger partial charge in [-0.3, -0.25) is 4.18 Å². The third-order valence-electron chi connectivity index (χ3n) is 4.12. The molecule has 3 atom stereocenters. The van der Waals surface area contributed by atoms with Gasteiger partial charge in [0.05, 0.1) is 0 Å². The van der Waals surface area contributed by atoms with Crippen molar-refractivity contribution in [3.8, 4) is 5.75 Å². The first-order chi connectivity index (χ1) is 11.4. The molecule has 4 nitrogen and oxygen atoms in total. The third-order valence-corrected chi connectivity index (χ3v) is 4.79. The van der Waals surface area contributed by atoms with Crippen LogP contribution in [-0.4, -0.2) is 16.4 Å². The van der Waals surface area contributed by atoms with Crippen LogP contribution in [0.3, 0.4) is 0 Å². The summed E-state index contributed by atoms with van der Waals surface area (Å²) in [5.74, 6) is 0.823. The molecular weight excluding hydrogens is 324 g/mol. The summed E-state index contributed by atoms with van der Waals surface area (Å²) in [5, 5.41) is 0. The Kier molecular flexibility index (Phi) is 6.87. The van der Waals surface area contributed by atoms with Gasteiger partial charge in [-0.1, -0.05) is 45.4 Å². The minimum absolute atomic E-state index is 0.0996. The van der Waals surface area contributed by atoms with Gasteiger partial charge in [-0.05, 0) is 49.3 Å². The highest BCUT2D eigenvalue weighted by Crippen LogP contribution is 2.29. The number of hydrogen-bond acceptors (Lipinski definition) is 4. The SMILES string of the molecule is CC=COS(=O)OC1CCCCC1Oc1ccc(C(C)(C)C)cc1. The van der Waals surface area contributed by atoms with E-state index >= 15 is 0 Å². The van der Waals surface area contributed by atoms with Gasteiger partial charge in [-0.2, -0.15) is 4.21 Å². The van der Waals surface area contributed by atoms with Gasteiger partial charge in [0.1, 0.15) is 24.2 Å². The fraction of sp³-hybridized carbons (Fsp3) is 0.579. The molecule has 0 heterocycles. The molecule has 3 unspecified atom stereocenters. The van der Waals surface area contributed by atoms with E-state index in [2.05, 4.69) is 32.9 Å². The van der Waals surface area contributed by atoms with Crippen LogP contribution < -0.4 is 4.74 Å². The van der Waals surface area contributed by atoms with Crippen molar-refractivity contribution >= 4 is 11.4 Å². The van der Waals surface area contributed by atoms with Crippen molar-refractivity contribution in [1.82, 2.24) is 0 Å². The van der Waals surface area contributed by atoms with E-state index in [9.17, 15) is 4.21 Å². The van der Waals surface area contributed by atoms with Crippen LogP contribution >= 0.6 is 0 Å². The standard InChI is InChI=1S/C19H28O4S/c1-5-14-21-24(20)23-18-9-7-6-8-17(18)22-16-12-10-15(11-13-16)19(2,3)4/h5,10-14,17-18H,6-9H2,1-4H3. The largest absolute Gasteiger partial charge is 0.488 e. The van der Waals surface area contributed by atoms with Crippen LogP contribution in [0.2, 0.25) is 0 Å². The predicted octanol–water partition coefficient (Wildman–Crippen LogP) is 4.82. The molecule has 0 bridgehead atoms. The molecule has 0 aromatic heterocycles. The number of rotatable bonds is 6. The molecule has 0 spiro atoms. The minimum Gasteiger partial charge on any atom is -0.488 e. The molecule has 0 saturated heterocycles. The van der Waals surface area contributed by atoms with E-state index in [1.165, 1.54) is 11.8 Å². The van der Waals surface area contributed by atoms with Crippen LogP contribution in [0, 0.1) is 0 Å². The van der Waals surface area contributed by atoms with E-state index in [0.29, 0.717) is 0 Å². The lowest BCUT2D eigenvalue weighted by molar-refractivity contribution is 0.0256. The first-order valence-corrected chi connectivity index (χ1v) is 9.54. The van der Waals surface area contributed by atoms with Gasteiger partial charge in [0, 0.05) is 0 Å². The highest BCUT2D eigenvalue weighted by atomic mass is 32.2. The monoisotopic (exact) mass is 352 g/mol. The Morgan fingerprint density at radius 3 is 2.29 bits per heavy atom. The molecule has 1 saturated carbocycles. The maximum atomic E-state index is 11.8. The van der Waals surface area contributed by atoms with Gasteiger partial charge in [0.15, 0.2) is 0 Å². The van der Waals surface area contributed by atoms with Crippen molar-refractivity contribution in [3.63, 3.8) is 0 Å². The Morgan fingerprint density at radius 2 is 1.71 bits per heavy atom. The smallest absolute Gasteiger partial charge is 0.360 e. The molecule has 134 valence electrons. The highest BCUT2D eigenvalue weighted by Gasteiger charge is 2.30. The molecule has 5 heteroatoms. The molecule has 1 fully saturated rings. The second-order valence-corrected chi connectivity index (χ2v) is 7.91. The fourth-order valence-electron chi connectivity index (χ4n) is 2.74. The van der Waals surface area contributed by atoms with Crippen LogP contribution in [-0.2, 0) is 25.1 Å². The maximum Gasteiger partial charge on any atom is 0.360 e. The summed E-state index contributed by atoms with van der Waals surface area (Å²) in [6.07, 6.45) is 6.60. The van der Waals surface area contributed by atoms with Crippen molar-refractivity contribution in [2.75, 3.05) is 0 Å². The van der Waals surface area contributed by atoms with E-state index in [1.807, 2.05) is 12.1 Å². The molecule has 2 rings (SSSR count). The van der Waals surface area contributed by atoms with Crippen molar-refractivity contribution in [2.45, 2.75) is 71.0 Å². The molecule has 24 heavy (non-hydrogen) atoms. The van der Waals surface area contributed by atoms with Crippen LogP contribution in [0.5, 0.6) is 5.75 Å². The van der Waals surface area contributed by atoms with Crippen LogP contribution in [0.1, 0.15) is 58.9 Å². The van der Waals surface area contributed by atoms with Gasteiger partial charge < -0.3 is 8.92 Å². The molecule has 1 aromatic rings. The molecule has 1 aliphatic carbocycles. The number of ether oxygens (including phenoxy) is 1. The Morgan fingerprint density at radius 1 is 1.08 bits per heavy atom. The lowest BCUT2D eigenvalue weighted by atomic mass is 9.87. The number of benzene rings is 1. The second-order valence-electron chi connectivity index (χ2n) is 7.12. The van der Waals surface area contributed by atoms with E-state index in [1.54, 1.807) is 13.0 Å². The van der Waals surface area contributed by atoms with Crippen molar-refractivity contribution in [1.29, 1.82) is 0 Å². The van der Waals surface area contributed by atoms with Crippen LogP contribution in [0.15, 0.2) is 36.6 Å². The van der Waals surface area contributed by atoms with E-state index in [-0.39, 0.29) is 17.6 Å². The Hall–Kier alpha value is -1.33. The molecule has 1 aromatic carbocycles. The van der Waals surface area contributed by atoms with Gasteiger partial charge >= 0.3 is 11.4 Å². The summed E-state index contributed by atoms with van der Waals surface area (Å²) >= 11 is -1.78. The molecule has 0 aliphatic heterocycles. The predicted molar refractivity (Wildman–Crippen MR) is 96.9 cm³/mol. The molecule has 0 N–H and O–H groups in total. The number of hydrogen-bond donors (Lipinski definition) is 0.